The molecular weight excluding hydrogens is 478 g/mol. The second kappa shape index (κ2) is 9.20. The van der Waals surface area contributed by atoms with Gasteiger partial charge in [-0.05, 0) is 36.6 Å². The van der Waals surface area contributed by atoms with Crippen molar-refractivity contribution in [2.75, 3.05) is 18.4 Å². The van der Waals surface area contributed by atoms with Crippen LogP contribution in [0.15, 0.2) is 47.5 Å². The third-order valence-electron chi connectivity index (χ3n) is 7.10. The quantitative estimate of drug-likeness (QED) is 0.519. The Labute approximate surface area is 204 Å². The summed E-state index contributed by atoms with van der Waals surface area (Å²) in [7, 11) is 0. The number of halogens is 4. The first-order valence-corrected chi connectivity index (χ1v) is 11.8. The zero-order valence-corrected chi connectivity index (χ0v) is 19.5. The summed E-state index contributed by atoms with van der Waals surface area (Å²) in [5, 5.41) is 2.75. The number of nitrogens with one attached hydrogen (secondary N) is 2. The number of likely N-dealkylation sites (tertiary alicyclic amines) is 1. The minimum Gasteiger partial charge on any atom is -0.329 e. The highest BCUT2D eigenvalue weighted by Gasteiger charge is 2.46. The number of alkyl halides is 2. The first-order valence-electron chi connectivity index (χ1n) is 11.8. The summed E-state index contributed by atoms with van der Waals surface area (Å²) >= 11 is 0. The van der Waals surface area contributed by atoms with Gasteiger partial charge in [-0.15, -0.1) is 0 Å². The van der Waals surface area contributed by atoms with E-state index >= 15 is 0 Å². The number of fused-ring (bicyclic) bond motifs is 1. The van der Waals surface area contributed by atoms with Crippen LogP contribution in [-0.2, 0) is 11.2 Å². The van der Waals surface area contributed by atoms with Crippen molar-refractivity contribution in [3.63, 3.8) is 0 Å². The number of aryl methyl sites for hydroxylation is 1. The van der Waals surface area contributed by atoms with Gasteiger partial charge in [0.25, 0.3) is 5.92 Å². The topological polar surface area (TPSA) is 83.0 Å². The van der Waals surface area contributed by atoms with Gasteiger partial charge in [0, 0.05) is 50.5 Å². The highest BCUT2D eigenvalue weighted by Crippen LogP contribution is 2.40. The minimum absolute atomic E-state index is 0.0361. The summed E-state index contributed by atoms with van der Waals surface area (Å²) in [6.45, 7) is 1.62. The van der Waals surface area contributed by atoms with Crippen molar-refractivity contribution in [3.05, 3.63) is 81.7 Å². The number of carbonyl (C=O) groups is 1. The number of carbonyl (C=O) groups excluding carboxylic acids is 1. The molecule has 3 aromatic rings. The van der Waals surface area contributed by atoms with Crippen LogP contribution in [0.25, 0.3) is 0 Å². The summed E-state index contributed by atoms with van der Waals surface area (Å²) in [6, 6.07) is 4.98. The highest BCUT2D eigenvalue weighted by molar-refractivity contribution is 5.93. The molecule has 3 atom stereocenters. The van der Waals surface area contributed by atoms with Gasteiger partial charge in [-0.2, -0.15) is 0 Å². The lowest BCUT2D eigenvalue weighted by Crippen LogP contribution is -2.52. The molecular formula is C25H25F4N5O2. The largest absolute Gasteiger partial charge is 0.329 e. The van der Waals surface area contributed by atoms with Gasteiger partial charge in [0.05, 0.1) is 18.0 Å². The van der Waals surface area contributed by atoms with Crippen molar-refractivity contribution in [2.45, 2.75) is 50.1 Å². The van der Waals surface area contributed by atoms with E-state index in [-0.39, 0.29) is 24.7 Å². The lowest BCUT2D eigenvalue weighted by Gasteiger charge is -2.40. The van der Waals surface area contributed by atoms with Crippen LogP contribution in [0.3, 0.4) is 0 Å². The molecule has 1 saturated heterocycles. The fourth-order valence-corrected chi connectivity index (χ4v) is 5.11. The monoisotopic (exact) mass is 503 g/mol. The molecule has 190 valence electrons. The van der Waals surface area contributed by atoms with Gasteiger partial charge >= 0.3 is 0 Å². The van der Waals surface area contributed by atoms with Gasteiger partial charge in [-0.1, -0.05) is 6.07 Å². The molecule has 2 aliphatic rings. The summed E-state index contributed by atoms with van der Waals surface area (Å²) in [5.74, 6) is -4.87. The van der Waals surface area contributed by atoms with Gasteiger partial charge in [0.15, 0.2) is 5.82 Å². The van der Waals surface area contributed by atoms with Crippen molar-refractivity contribution >= 4 is 11.7 Å². The molecule has 0 saturated carbocycles. The van der Waals surface area contributed by atoms with E-state index in [0.29, 0.717) is 35.6 Å². The fraction of sp³-hybridized carbons (Fsp3) is 0.400. The predicted molar refractivity (Wildman–Crippen MR) is 124 cm³/mol. The van der Waals surface area contributed by atoms with Gasteiger partial charge in [-0.3, -0.25) is 14.5 Å². The molecule has 7 nitrogen and oxygen atoms in total. The van der Waals surface area contributed by atoms with Gasteiger partial charge in [0.2, 0.25) is 11.5 Å². The maximum absolute atomic E-state index is 14.7. The molecule has 11 heteroatoms. The van der Waals surface area contributed by atoms with E-state index in [0.717, 1.165) is 6.07 Å². The van der Waals surface area contributed by atoms with E-state index in [1.54, 1.807) is 22.6 Å². The number of nitrogens with zero attached hydrogens (tertiary/aromatic N) is 3. The molecule has 4 heterocycles. The van der Waals surface area contributed by atoms with Crippen LogP contribution in [0.5, 0.6) is 0 Å². The van der Waals surface area contributed by atoms with E-state index in [1.165, 1.54) is 30.5 Å². The molecule has 1 fully saturated rings. The average Bonchev–Trinajstić information content (AvgIpc) is 3.39. The third-order valence-corrected chi connectivity index (χ3v) is 7.10. The number of aromatic amines is 1. The van der Waals surface area contributed by atoms with Gasteiger partial charge in [0.1, 0.15) is 17.5 Å². The number of aromatic nitrogens is 3. The molecule has 2 aliphatic heterocycles. The van der Waals surface area contributed by atoms with E-state index < -0.39 is 41.8 Å². The number of rotatable bonds is 5. The number of H-pyrrole nitrogens is 1. The Balaban J connectivity index is 1.29. The van der Waals surface area contributed by atoms with Gasteiger partial charge in [-0.25, -0.2) is 22.5 Å². The third kappa shape index (κ3) is 4.67. The van der Waals surface area contributed by atoms with E-state index in [4.69, 9.17) is 0 Å². The number of piperidine rings is 1. The lowest BCUT2D eigenvalue weighted by molar-refractivity contribution is -0.125. The average molecular weight is 504 g/mol. The Bertz CT molecular complexity index is 1310. The van der Waals surface area contributed by atoms with Crippen LogP contribution in [0.2, 0.25) is 0 Å². The van der Waals surface area contributed by atoms with Crippen LogP contribution in [0.4, 0.5) is 23.4 Å². The molecule has 0 unspecified atom stereocenters. The normalized spacial score (nSPS) is 22.2. The number of amides is 1. The number of hydrogen-bond donors (Lipinski definition) is 2. The minimum atomic E-state index is -2.97. The van der Waals surface area contributed by atoms with Crippen LogP contribution in [-0.4, -0.2) is 50.4 Å². The second-order valence-electron chi connectivity index (χ2n) is 9.42. The van der Waals surface area contributed by atoms with Crippen molar-refractivity contribution in [3.8, 4) is 0 Å². The molecule has 1 aromatic carbocycles. The van der Waals surface area contributed by atoms with Crippen LogP contribution < -0.4 is 10.9 Å². The first-order chi connectivity index (χ1) is 17.1. The zero-order valence-electron chi connectivity index (χ0n) is 19.5. The number of anilines is 1. The zero-order chi connectivity index (χ0) is 25.6. The van der Waals surface area contributed by atoms with Crippen LogP contribution in [0.1, 0.15) is 48.7 Å². The number of pyridine rings is 1. The van der Waals surface area contributed by atoms with Gasteiger partial charge < -0.3 is 14.9 Å². The summed E-state index contributed by atoms with van der Waals surface area (Å²) < 4.78 is 58.6. The Hall–Kier alpha value is -3.47. The Morgan fingerprint density at radius 3 is 2.64 bits per heavy atom. The molecule has 36 heavy (non-hydrogen) atoms. The summed E-state index contributed by atoms with van der Waals surface area (Å²) in [4.78, 5) is 32.9. The lowest BCUT2D eigenvalue weighted by atomic mass is 9.87. The molecule has 0 bridgehead atoms. The van der Waals surface area contributed by atoms with E-state index in [1.807, 2.05) is 0 Å². The van der Waals surface area contributed by atoms with E-state index in [2.05, 4.69) is 15.3 Å². The number of hydrogen-bond acceptors (Lipinski definition) is 4. The molecule has 0 spiro atoms. The van der Waals surface area contributed by atoms with Crippen molar-refractivity contribution in [2.24, 2.45) is 0 Å². The van der Waals surface area contributed by atoms with Crippen molar-refractivity contribution in [1.29, 1.82) is 0 Å². The Kier molecular flexibility index (Phi) is 6.19. The SMILES string of the molecule is C[C@@H](C(=O)Nc1cn2c(n1)CC[C@@H]2c1cc(F)cc(F)c1)N1CCC(F)(F)[C@H](c2ccc(=O)[nH]c2)C1. The smallest absolute Gasteiger partial charge is 0.257 e. The first kappa shape index (κ1) is 24.2. The second-order valence-corrected chi connectivity index (χ2v) is 9.42. The maximum Gasteiger partial charge on any atom is 0.257 e. The van der Waals surface area contributed by atoms with Crippen LogP contribution >= 0.6 is 0 Å². The maximum atomic E-state index is 14.7. The summed E-state index contributed by atoms with van der Waals surface area (Å²) in [6.07, 6.45) is 3.72. The van der Waals surface area contributed by atoms with E-state index in [9.17, 15) is 27.2 Å². The summed E-state index contributed by atoms with van der Waals surface area (Å²) in [5.41, 5.74) is 0.416. The van der Waals surface area contributed by atoms with Crippen molar-refractivity contribution in [1.82, 2.24) is 19.4 Å². The van der Waals surface area contributed by atoms with Crippen molar-refractivity contribution < 1.29 is 22.4 Å². The van der Waals surface area contributed by atoms with Crippen LogP contribution in [0, 0.1) is 11.6 Å². The standard InChI is InChI=1S/C25H25F4N5O2/c1-14(33-7-6-25(28,29)19(12-33)15-2-5-23(35)30-11-15)24(36)32-21-13-34-20(3-4-22(34)31-21)16-8-17(26)10-18(27)9-16/h2,5,8-11,13-14,19-20H,3-4,6-7,12H2,1H3,(H,30,35)(H,32,36)/t14-,19-,20+/m0/s1. The molecule has 0 radical (unpaired) electrons. The predicted octanol–water partition coefficient (Wildman–Crippen LogP) is 3.84. The molecule has 1 amide bonds. The molecule has 2 aromatic heterocycles. The fourth-order valence-electron chi connectivity index (χ4n) is 5.11. The number of imidazole rings is 1. The molecule has 5 rings (SSSR count). The Morgan fingerprint density at radius 1 is 1.19 bits per heavy atom. The Morgan fingerprint density at radius 2 is 1.94 bits per heavy atom. The molecule has 2 N–H and O–H groups in total. The highest BCUT2D eigenvalue weighted by atomic mass is 19.3. The number of benzene rings is 1. The molecule has 0 aliphatic carbocycles.